The molecular weight excluding hydrogens is 462 g/mol. The maximum atomic E-state index is 4.78. The van der Waals surface area contributed by atoms with Gasteiger partial charge in [-0.2, -0.15) is 0 Å². The van der Waals surface area contributed by atoms with Crippen molar-refractivity contribution in [1.82, 2.24) is 15.0 Å². The van der Waals surface area contributed by atoms with E-state index in [0.717, 1.165) is 41.5 Å². The summed E-state index contributed by atoms with van der Waals surface area (Å²) in [7, 11) is 0. The summed E-state index contributed by atoms with van der Waals surface area (Å²) in [5, 5.41) is 0. The minimum absolute atomic E-state index is 0.833. The third-order valence-electron chi connectivity index (χ3n) is 3.61. The number of thiophene rings is 1. The molecule has 0 unspecified atom stereocenters. The molecule has 25 heavy (non-hydrogen) atoms. The number of rotatable bonds is 3. The fourth-order valence-electron chi connectivity index (χ4n) is 2.45. The third-order valence-corrected chi connectivity index (χ3v) is 6.91. The molecule has 4 rings (SSSR count). The number of hydrogen-bond donors (Lipinski definition) is 0. The Kier molecular flexibility index (Phi) is 4.74. The van der Waals surface area contributed by atoms with Gasteiger partial charge in [-0.05, 0) is 79.9 Å². The molecule has 0 saturated heterocycles. The molecule has 0 aliphatic rings. The molecule has 0 atom stereocenters. The largest absolute Gasteiger partial charge is 0.255 e. The highest BCUT2D eigenvalue weighted by molar-refractivity contribution is 9.13. The zero-order valence-corrected chi connectivity index (χ0v) is 16.8. The summed E-state index contributed by atoms with van der Waals surface area (Å²) in [4.78, 5) is 14.8. The number of hydrogen-bond acceptors (Lipinski definition) is 4. The van der Waals surface area contributed by atoms with E-state index in [4.69, 9.17) is 4.98 Å². The summed E-state index contributed by atoms with van der Waals surface area (Å²) in [6.45, 7) is 0. The highest BCUT2D eigenvalue weighted by Crippen LogP contribution is 2.39. The SMILES string of the molecule is Brc1cc(-c2cc(-c3ccccn3)nc(-c3ccccn3)c2)sc1Br. The van der Waals surface area contributed by atoms with Gasteiger partial charge in [-0.3, -0.25) is 9.97 Å². The van der Waals surface area contributed by atoms with Crippen molar-refractivity contribution < 1.29 is 0 Å². The molecule has 122 valence electrons. The van der Waals surface area contributed by atoms with Crippen molar-refractivity contribution in [3.63, 3.8) is 0 Å². The van der Waals surface area contributed by atoms with E-state index in [-0.39, 0.29) is 0 Å². The molecule has 0 saturated carbocycles. The summed E-state index contributed by atoms with van der Waals surface area (Å²) in [5.74, 6) is 0. The number of pyridine rings is 3. The highest BCUT2D eigenvalue weighted by atomic mass is 79.9. The van der Waals surface area contributed by atoms with Gasteiger partial charge in [-0.15, -0.1) is 11.3 Å². The van der Waals surface area contributed by atoms with Gasteiger partial charge in [-0.25, -0.2) is 4.98 Å². The minimum atomic E-state index is 0.833. The summed E-state index contributed by atoms with van der Waals surface area (Å²) >= 11 is 8.81. The van der Waals surface area contributed by atoms with Crippen LogP contribution in [0.4, 0.5) is 0 Å². The summed E-state index contributed by atoms with van der Waals surface area (Å²) in [5.41, 5.74) is 4.44. The molecule has 0 amide bonds. The Bertz CT molecular complexity index is 940. The van der Waals surface area contributed by atoms with Crippen molar-refractivity contribution in [2.75, 3.05) is 0 Å². The second-order valence-corrected chi connectivity index (χ2v) is 8.51. The Labute approximate surface area is 166 Å². The zero-order chi connectivity index (χ0) is 17.2. The highest BCUT2D eigenvalue weighted by Gasteiger charge is 2.12. The zero-order valence-electron chi connectivity index (χ0n) is 12.9. The van der Waals surface area contributed by atoms with Gasteiger partial charge in [0, 0.05) is 21.7 Å². The van der Waals surface area contributed by atoms with E-state index in [9.17, 15) is 0 Å². The van der Waals surface area contributed by atoms with Crippen LogP contribution in [-0.4, -0.2) is 15.0 Å². The van der Waals surface area contributed by atoms with Crippen molar-refractivity contribution in [1.29, 1.82) is 0 Å². The smallest absolute Gasteiger partial charge is 0.0900 e. The maximum Gasteiger partial charge on any atom is 0.0900 e. The monoisotopic (exact) mass is 471 g/mol. The van der Waals surface area contributed by atoms with Crippen LogP contribution in [0, 0.1) is 0 Å². The van der Waals surface area contributed by atoms with Crippen molar-refractivity contribution >= 4 is 43.2 Å². The van der Waals surface area contributed by atoms with Crippen molar-refractivity contribution in [3.05, 3.63) is 75.3 Å². The molecule has 6 heteroatoms. The summed E-state index contributed by atoms with van der Waals surface area (Å²) in [6.07, 6.45) is 3.56. The Morgan fingerprint density at radius 3 is 1.76 bits per heavy atom. The number of aromatic nitrogens is 3. The molecule has 0 spiro atoms. The molecule has 0 N–H and O–H groups in total. The van der Waals surface area contributed by atoms with E-state index < -0.39 is 0 Å². The molecule has 4 heterocycles. The Hall–Kier alpha value is -1.89. The van der Waals surface area contributed by atoms with Gasteiger partial charge >= 0.3 is 0 Å². The van der Waals surface area contributed by atoms with Gasteiger partial charge in [0.15, 0.2) is 0 Å². The fraction of sp³-hybridized carbons (Fsp3) is 0. The van der Waals surface area contributed by atoms with Crippen LogP contribution in [-0.2, 0) is 0 Å². The van der Waals surface area contributed by atoms with Gasteiger partial charge < -0.3 is 0 Å². The molecule has 0 bridgehead atoms. The fourth-order valence-corrected chi connectivity index (χ4v) is 4.48. The van der Waals surface area contributed by atoms with Gasteiger partial charge in [-0.1, -0.05) is 12.1 Å². The van der Waals surface area contributed by atoms with Crippen LogP contribution in [0.2, 0.25) is 0 Å². The predicted molar refractivity (Wildman–Crippen MR) is 109 cm³/mol. The Morgan fingerprint density at radius 2 is 1.32 bits per heavy atom. The van der Waals surface area contributed by atoms with Crippen LogP contribution in [0.3, 0.4) is 0 Å². The second-order valence-electron chi connectivity index (χ2n) is 5.29. The van der Waals surface area contributed by atoms with Gasteiger partial charge in [0.25, 0.3) is 0 Å². The van der Waals surface area contributed by atoms with Crippen molar-refractivity contribution in [2.45, 2.75) is 0 Å². The molecule has 4 aromatic rings. The average molecular weight is 473 g/mol. The van der Waals surface area contributed by atoms with E-state index in [1.165, 1.54) is 0 Å². The van der Waals surface area contributed by atoms with E-state index in [0.29, 0.717) is 0 Å². The summed E-state index contributed by atoms with van der Waals surface area (Å²) in [6, 6.07) is 17.9. The lowest BCUT2D eigenvalue weighted by Gasteiger charge is -2.08. The average Bonchev–Trinajstić information content (AvgIpc) is 3.02. The molecule has 0 radical (unpaired) electrons. The first-order valence-corrected chi connectivity index (χ1v) is 9.91. The van der Waals surface area contributed by atoms with E-state index in [2.05, 4.69) is 60.0 Å². The first-order valence-electron chi connectivity index (χ1n) is 7.51. The van der Waals surface area contributed by atoms with Crippen LogP contribution in [0.25, 0.3) is 33.2 Å². The van der Waals surface area contributed by atoms with Crippen LogP contribution in [0.5, 0.6) is 0 Å². The summed E-state index contributed by atoms with van der Waals surface area (Å²) < 4.78 is 2.11. The molecule has 0 aliphatic heterocycles. The second kappa shape index (κ2) is 7.15. The quantitative estimate of drug-likeness (QED) is 0.343. The van der Waals surface area contributed by atoms with Crippen LogP contribution in [0.1, 0.15) is 0 Å². The first-order chi connectivity index (χ1) is 12.2. The number of nitrogens with zero attached hydrogens (tertiary/aromatic N) is 3. The number of halogens is 2. The van der Waals surface area contributed by atoms with Crippen LogP contribution < -0.4 is 0 Å². The lowest BCUT2D eigenvalue weighted by atomic mass is 10.1. The van der Waals surface area contributed by atoms with E-state index in [1.54, 1.807) is 23.7 Å². The van der Waals surface area contributed by atoms with Gasteiger partial charge in [0.1, 0.15) is 0 Å². The van der Waals surface area contributed by atoms with Crippen molar-refractivity contribution in [2.24, 2.45) is 0 Å². The molecular formula is C19H11Br2N3S. The minimum Gasteiger partial charge on any atom is -0.255 e. The van der Waals surface area contributed by atoms with Crippen molar-refractivity contribution in [3.8, 4) is 33.2 Å². The Balaban J connectivity index is 1.92. The predicted octanol–water partition coefficient (Wildman–Crippen LogP) is 6.46. The standard InChI is InChI=1S/C19H11Br2N3S/c20-13-11-18(25-19(13)21)12-9-16(14-5-1-3-7-22-14)24-17(10-12)15-6-2-4-8-23-15/h1-11H. The topological polar surface area (TPSA) is 38.7 Å². The molecule has 0 aliphatic carbocycles. The van der Waals surface area contributed by atoms with Gasteiger partial charge in [0.05, 0.1) is 26.6 Å². The normalized spacial score (nSPS) is 10.8. The lowest BCUT2D eigenvalue weighted by Crippen LogP contribution is -1.93. The van der Waals surface area contributed by atoms with Crippen LogP contribution in [0.15, 0.2) is 75.3 Å². The molecule has 0 fully saturated rings. The molecule has 4 aromatic heterocycles. The third kappa shape index (κ3) is 3.56. The van der Waals surface area contributed by atoms with Gasteiger partial charge in [0.2, 0.25) is 0 Å². The lowest BCUT2D eigenvalue weighted by molar-refractivity contribution is 1.22. The maximum absolute atomic E-state index is 4.78. The van der Waals surface area contributed by atoms with Crippen LogP contribution >= 0.6 is 43.2 Å². The van der Waals surface area contributed by atoms with E-state index in [1.807, 2.05) is 36.4 Å². The molecule has 0 aromatic carbocycles. The molecule has 3 nitrogen and oxygen atoms in total. The Morgan fingerprint density at radius 1 is 0.720 bits per heavy atom. The van der Waals surface area contributed by atoms with E-state index >= 15 is 0 Å². The first kappa shape index (κ1) is 16.6.